The second-order valence-corrected chi connectivity index (χ2v) is 1.32. The van der Waals surface area contributed by atoms with E-state index in [1.807, 2.05) is 13.0 Å². The quantitative estimate of drug-likeness (QED) is 0.399. The Balaban J connectivity index is 3.49. The Morgan fingerprint density at radius 2 is 2.50 bits per heavy atom. The molecule has 0 radical (unpaired) electrons. The minimum Gasteiger partial charge on any atom is -0.498 e. The number of rotatable bonds is 2. The standard InChI is InChI=1S/C6H9NO/c1-3-8-6(2)4-5-7/h4H,3H2,1-2H3. The summed E-state index contributed by atoms with van der Waals surface area (Å²) in [6, 6.07) is 1.87. The van der Waals surface area contributed by atoms with Crippen LogP contribution in [0.2, 0.25) is 0 Å². The summed E-state index contributed by atoms with van der Waals surface area (Å²) in [4.78, 5) is 0. The fourth-order valence-electron chi connectivity index (χ4n) is 0.360. The molecule has 0 saturated carbocycles. The lowest BCUT2D eigenvalue weighted by Crippen LogP contribution is -1.84. The molecule has 0 unspecified atom stereocenters. The molecule has 0 aromatic rings. The van der Waals surface area contributed by atoms with E-state index in [1.54, 1.807) is 6.92 Å². The van der Waals surface area contributed by atoms with Crippen molar-refractivity contribution in [2.45, 2.75) is 13.8 Å². The lowest BCUT2D eigenvalue weighted by molar-refractivity contribution is 0.232. The Labute approximate surface area is 49.4 Å². The summed E-state index contributed by atoms with van der Waals surface area (Å²) in [7, 11) is 0. The van der Waals surface area contributed by atoms with Crippen LogP contribution in [0.3, 0.4) is 0 Å². The van der Waals surface area contributed by atoms with Gasteiger partial charge in [0.1, 0.15) is 5.76 Å². The summed E-state index contributed by atoms with van der Waals surface area (Å²) >= 11 is 0. The third-order valence-electron chi connectivity index (χ3n) is 0.640. The minimum atomic E-state index is 0.629. The SMILES string of the molecule is CCOC(C)=CC#N. The van der Waals surface area contributed by atoms with Gasteiger partial charge in [0.05, 0.1) is 18.8 Å². The first kappa shape index (κ1) is 7.03. The zero-order valence-corrected chi connectivity index (χ0v) is 5.14. The Morgan fingerprint density at radius 1 is 1.88 bits per heavy atom. The van der Waals surface area contributed by atoms with E-state index >= 15 is 0 Å². The summed E-state index contributed by atoms with van der Waals surface area (Å²) in [5.41, 5.74) is 0. The normalized spacial score (nSPS) is 10.4. The topological polar surface area (TPSA) is 33.0 Å². The molecule has 0 aromatic carbocycles. The van der Waals surface area contributed by atoms with Crippen LogP contribution in [-0.2, 0) is 4.74 Å². The lowest BCUT2D eigenvalue weighted by Gasteiger charge is -1.97. The van der Waals surface area contributed by atoms with Crippen molar-refractivity contribution in [1.82, 2.24) is 0 Å². The third-order valence-corrected chi connectivity index (χ3v) is 0.640. The molecule has 8 heavy (non-hydrogen) atoms. The minimum absolute atomic E-state index is 0.629. The molecule has 0 aliphatic rings. The number of nitriles is 1. The van der Waals surface area contributed by atoms with Crippen molar-refractivity contribution >= 4 is 0 Å². The summed E-state index contributed by atoms with van der Waals surface area (Å²) in [6.07, 6.45) is 1.38. The summed E-state index contributed by atoms with van der Waals surface area (Å²) < 4.78 is 4.92. The highest BCUT2D eigenvalue weighted by Gasteiger charge is 1.81. The van der Waals surface area contributed by atoms with E-state index in [-0.39, 0.29) is 0 Å². The predicted molar refractivity (Wildman–Crippen MR) is 31.0 cm³/mol. The van der Waals surface area contributed by atoms with Crippen molar-refractivity contribution in [1.29, 1.82) is 5.26 Å². The largest absolute Gasteiger partial charge is 0.498 e. The monoisotopic (exact) mass is 111 g/mol. The Bertz CT molecular complexity index is 121. The van der Waals surface area contributed by atoms with Gasteiger partial charge < -0.3 is 4.74 Å². The first-order valence-electron chi connectivity index (χ1n) is 2.50. The number of hydrogen-bond donors (Lipinski definition) is 0. The molecule has 0 saturated heterocycles. The number of hydrogen-bond acceptors (Lipinski definition) is 2. The molecule has 2 nitrogen and oxygen atoms in total. The molecular formula is C6H9NO. The maximum atomic E-state index is 8.06. The van der Waals surface area contributed by atoms with E-state index in [4.69, 9.17) is 10.00 Å². The van der Waals surface area contributed by atoms with Crippen molar-refractivity contribution in [3.63, 3.8) is 0 Å². The second kappa shape index (κ2) is 4.20. The molecule has 44 valence electrons. The fraction of sp³-hybridized carbons (Fsp3) is 0.500. The Kier molecular flexibility index (Phi) is 3.69. The summed E-state index contributed by atoms with van der Waals surface area (Å²) in [5, 5.41) is 8.06. The van der Waals surface area contributed by atoms with E-state index in [0.717, 1.165) is 0 Å². The van der Waals surface area contributed by atoms with Crippen LogP contribution in [-0.4, -0.2) is 6.61 Å². The van der Waals surface area contributed by atoms with E-state index in [9.17, 15) is 0 Å². The molecule has 2 heteroatoms. The molecule has 0 aliphatic heterocycles. The van der Waals surface area contributed by atoms with Gasteiger partial charge in [-0.05, 0) is 13.8 Å². The van der Waals surface area contributed by atoms with Gasteiger partial charge in [-0.25, -0.2) is 0 Å². The molecule has 0 heterocycles. The first-order valence-corrected chi connectivity index (χ1v) is 2.50. The molecule has 0 aromatic heterocycles. The van der Waals surface area contributed by atoms with Gasteiger partial charge in [0.25, 0.3) is 0 Å². The van der Waals surface area contributed by atoms with Gasteiger partial charge in [-0.15, -0.1) is 0 Å². The van der Waals surface area contributed by atoms with Gasteiger partial charge in [-0.1, -0.05) is 0 Å². The number of ether oxygens (including phenoxy) is 1. The second-order valence-electron chi connectivity index (χ2n) is 1.32. The number of allylic oxidation sites excluding steroid dienone is 2. The Hall–Kier alpha value is -0.970. The molecular weight excluding hydrogens is 102 g/mol. The van der Waals surface area contributed by atoms with Crippen molar-refractivity contribution < 1.29 is 4.74 Å². The first-order chi connectivity index (χ1) is 3.81. The van der Waals surface area contributed by atoms with Crippen LogP contribution in [0, 0.1) is 11.3 Å². The molecule has 0 amide bonds. The average Bonchev–Trinajstić information content (AvgIpc) is 1.68. The fourth-order valence-corrected chi connectivity index (χ4v) is 0.360. The van der Waals surface area contributed by atoms with Gasteiger partial charge in [-0.3, -0.25) is 0 Å². The highest BCUT2D eigenvalue weighted by Crippen LogP contribution is 1.91. The third kappa shape index (κ3) is 3.23. The van der Waals surface area contributed by atoms with Gasteiger partial charge in [0.2, 0.25) is 0 Å². The van der Waals surface area contributed by atoms with Crippen LogP contribution >= 0.6 is 0 Å². The van der Waals surface area contributed by atoms with Gasteiger partial charge in [0, 0.05) is 0 Å². The average molecular weight is 111 g/mol. The van der Waals surface area contributed by atoms with Crippen molar-refractivity contribution in [3.8, 4) is 6.07 Å². The van der Waals surface area contributed by atoms with Crippen LogP contribution < -0.4 is 0 Å². The summed E-state index contributed by atoms with van der Waals surface area (Å²) in [6.45, 7) is 4.27. The van der Waals surface area contributed by atoms with E-state index < -0.39 is 0 Å². The molecule has 0 spiro atoms. The van der Waals surface area contributed by atoms with Crippen LogP contribution in [0.4, 0.5) is 0 Å². The van der Waals surface area contributed by atoms with Crippen LogP contribution in [0.5, 0.6) is 0 Å². The van der Waals surface area contributed by atoms with Gasteiger partial charge in [0.15, 0.2) is 0 Å². The maximum Gasteiger partial charge on any atom is 0.103 e. The number of nitrogens with zero attached hydrogens (tertiary/aromatic N) is 1. The zero-order valence-electron chi connectivity index (χ0n) is 5.14. The van der Waals surface area contributed by atoms with Crippen LogP contribution in [0.25, 0.3) is 0 Å². The van der Waals surface area contributed by atoms with Crippen LogP contribution in [0.15, 0.2) is 11.8 Å². The Morgan fingerprint density at radius 3 is 2.88 bits per heavy atom. The molecule has 0 rings (SSSR count). The smallest absolute Gasteiger partial charge is 0.103 e. The molecule has 0 aliphatic carbocycles. The van der Waals surface area contributed by atoms with Crippen molar-refractivity contribution in [2.75, 3.05) is 6.61 Å². The molecule has 0 atom stereocenters. The van der Waals surface area contributed by atoms with Crippen LogP contribution in [0.1, 0.15) is 13.8 Å². The highest BCUT2D eigenvalue weighted by molar-refractivity contribution is 5.05. The van der Waals surface area contributed by atoms with Gasteiger partial charge in [-0.2, -0.15) is 5.26 Å². The highest BCUT2D eigenvalue weighted by atomic mass is 16.5. The molecule has 0 fully saturated rings. The van der Waals surface area contributed by atoms with E-state index in [1.165, 1.54) is 6.08 Å². The molecule has 0 bridgehead atoms. The molecule has 0 N–H and O–H groups in total. The maximum absolute atomic E-state index is 8.06. The van der Waals surface area contributed by atoms with Gasteiger partial charge >= 0.3 is 0 Å². The van der Waals surface area contributed by atoms with Crippen molar-refractivity contribution in [3.05, 3.63) is 11.8 Å². The zero-order chi connectivity index (χ0) is 6.41. The van der Waals surface area contributed by atoms with Crippen molar-refractivity contribution in [2.24, 2.45) is 0 Å². The summed E-state index contributed by atoms with van der Waals surface area (Å²) in [5.74, 6) is 0.676. The lowest BCUT2D eigenvalue weighted by atomic mass is 10.5. The predicted octanol–water partition coefficient (Wildman–Crippen LogP) is 1.45. The van der Waals surface area contributed by atoms with E-state index in [2.05, 4.69) is 0 Å². The van der Waals surface area contributed by atoms with E-state index in [0.29, 0.717) is 12.4 Å².